The summed E-state index contributed by atoms with van der Waals surface area (Å²) in [6.07, 6.45) is 4.76. The molecule has 3 aliphatic rings. The van der Waals surface area contributed by atoms with Crippen molar-refractivity contribution >= 4 is 40.3 Å². The maximum atomic E-state index is 14.4. The first kappa shape index (κ1) is 46.5. The molecule has 2 aromatic rings. The number of carbonyl (C=O) groups is 3. The number of rotatable bonds is 7. The molecule has 5 rings (SSSR count). The Labute approximate surface area is 345 Å². The third-order valence-corrected chi connectivity index (χ3v) is 11.3. The molecular weight excluding hydrogens is 764 g/mol. The number of benzene rings is 2. The maximum Gasteiger partial charge on any atom is 0.312 e. The highest BCUT2D eigenvalue weighted by atomic mass is 16.7. The summed E-state index contributed by atoms with van der Waals surface area (Å²) in [6.45, 7) is 13.6. The fourth-order valence-electron chi connectivity index (χ4n) is 7.43. The Hall–Kier alpha value is -5.16. The minimum absolute atomic E-state index is 0.0476. The van der Waals surface area contributed by atoms with Gasteiger partial charge >= 0.3 is 11.8 Å². The van der Waals surface area contributed by atoms with Gasteiger partial charge < -0.3 is 54.7 Å². The normalized spacial score (nSPS) is 30.2. The highest BCUT2D eigenvalue weighted by Gasteiger charge is 2.50. The van der Waals surface area contributed by atoms with Gasteiger partial charge in [-0.3, -0.25) is 19.4 Å². The lowest BCUT2D eigenvalue weighted by Crippen LogP contribution is -2.46. The molecule has 0 unspecified atom stereocenters. The lowest BCUT2D eigenvalue weighted by Gasteiger charge is -2.38. The van der Waals surface area contributed by atoms with E-state index in [-0.39, 0.29) is 44.5 Å². The number of amides is 1. The number of hydrazone groups is 1. The number of methoxy groups -OCH3 is 1. The average molecular weight is 825 g/mol. The van der Waals surface area contributed by atoms with E-state index in [0.717, 1.165) is 0 Å². The third kappa shape index (κ3) is 9.67. The SMILES string of the molecule is CO[C@H]1/C=C/O[C@@]2(C)Oc3c(C)c(O)c4c(O)c(c(/C=N/N(C)CCN(C)C)c(O)c4c3C2=O)NC(=O)/C(C)=C\C=C\[C@H](C)[C@H](O)[C@@H](C)[C@@H](O)[C@@H](C)[C@H](OC(C)=O)[C@@H]1C. The molecule has 3 heterocycles. The monoisotopic (exact) mass is 824 g/mol. The van der Waals surface area contributed by atoms with E-state index < -0.39 is 88.8 Å². The van der Waals surface area contributed by atoms with E-state index in [2.05, 4.69) is 10.4 Å². The molecule has 16 heteroatoms. The van der Waals surface area contributed by atoms with Crippen molar-refractivity contribution in [3.63, 3.8) is 0 Å². The number of aromatic hydroxyl groups is 3. The van der Waals surface area contributed by atoms with Crippen molar-refractivity contribution in [2.24, 2.45) is 28.8 Å². The van der Waals surface area contributed by atoms with Crippen LogP contribution in [-0.4, -0.2) is 131 Å². The molecule has 324 valence electrons. The molecule has 0 aromatic heterocycles. The summed E-state index contributed by atoms with van der Waals surface area (Å²) in [7, 11) is 6.93. The number of hydrogen-bond donors (Lipinski definition) is 6. The number of phenolic OH excluding ortho intramolecular Hbond substituents is 3. The van der Waals surface area contributed by atoms with E-state index in [1.165, 1.54) is 59.4 Å². The van der Waals surface area contributed by atoms with Crippen LogP contribution in [0.5, 0.6) is 23.0 Å². The first-order valence-electron chi connectivity index (χ1n) is 19.6. The van der Waals surface area contributed by atoms with Crippen molar-refractivity contribution in [1.82, 2.24) is 9.91 Å². The molecule has 9 atom stereocenters. The van der Waals surface area contributed by atoms with Crippen molar-refractivity contribution in [1.29, 1.82) is 0 Å². The minimum atomic E-state index is -2.05. The van der Waals surface area contributed by atoms with Crippen LogP contribution in [-0.2, 0) is 23.8 Å². The number of ether oxygens (including phenoxy) is 4. The Morgan fingerprint density at radius 2 is 1.61 bits per heavy atom. The van der Waals surface area contributed by atoms with Gasteiger partial charge in [-0.15, -0.1) is 0 Å². The fraction of sp³-hybridized carbons (Fsp3) is 0.535. The predicted octanol–water partition coefficient (Wildman–Crippen LogP) is 4.58. The van der Waals surface area contributed by atoms with E-state index in [0.29, 0.717) is 13.1 Å². The number of fused-ring (bicyclic) bond motifs is 14. The van der Waals surface area contributed by atoms with Gasteiger partial charge in [0.2, 0.25) is 0 Å². The quantitative estimate of drug-likeness (QED) is 0.0741. The van der Waals surface area contributed by atoms with Crippen molar-refractivity contribution in [2.45, 2.75) is 85.6 Å². The number of phenols is 3. The Bertz CT molecular complexity index is 2040. The van der Waals surface area contributed by atoms with Gasteiger partial charge in [-0.2, -0.15) is 5.10 Å². The Balaban J connectivity index is 1.97. The number of aliphatic hydroxyl groups is 2. The molecular formula is C43H60N4O12. The van der Waals surface area contributed by atoms with Gasteiger partial charge in [0.25, 0.3) is 11.7 Å². The van der Waals surface area contributed by atoms with Crippen molar-refractivity contribution in [2.75, 3.05) is 46.7 Å². The molecule has 6 N–H and O–H groups in total. The second-order valence-corrected chi connectivity index (χ2v) is 16.0. The molecule has 0 saturated carbocycles. The van der Waals surface area contributed by atoms with E-state index in [4.69, 9.17) is 18.9 Å². The molecule has 1 amide bonds. The Morgan fingerprint density at radius 1 is 0.949 bits per heavy atom. The second-order valence-electron chi connectivity index (χ2n) is 16.0. The van der Waals surface area contributed by atoms with Crippen LogP contribution < -0.4 is 10.1 Å². The maximum absolute atomic E-state index is 14.4. The summed E-state index contributed by atoms with van der Waals surface area (Å²) in [5.74, 6) is -8.45. The summed E-state index contributed by atoms with van der Waals surface area (Å²) in [6, 6.07) is 0. The van der Waals surface area contributed by atoms with Crippen LogP contribution >= 0.6 is 0 Å². The van der Waals surface area contributed by atoms with Crippen LogP contribution in [0.3, 0.4) is 0 Å². The average Bonchev–Trinajstić information content (AvgIpc) is 3.45. The highest BCUT2D eigenvalue weighted by Crippen LogP contribution is 2.55. The number of nitrogens with one attached hydrogen (secondary N) is 1. The van der Waals surface area contributed by atoms with Crippen molar-refractivity contribution in [3.05, 3.63) is 52.8 Å². The molecule has 5 bridgehead atoms. The zero-order valence-electron chi connectivity index (χ0n) is 35.9. The lowest BCUT2D eigenvalue weighted by molar-refractivity contribution is -0.160. The van der Waals surface area contributed by atoms with Gasteiger partial charge in [-0.05, 0) is 34.0 Å². The number of allylic oxidation sites excluding steroid dienone is 2. The lowest BCUT2D eigenvalue weighted by atomic mass is 9.78. The van der Waals surface area contributed by atoms with Crippen LogP contribution in [0.2, 0.25) is 0 Å². The van der Waals surface area contributed by atoms with E-state index in [1.54, 1.807) is 51.9 Å². The molecule has 0 radical (unpaired) electrons. The molecule has 3 aliphatic heterocycles. The number of Topliss-reactive ketones (excluding diaryl/α,β-unsaturated/α-hetero) is 1. The Morgan fingerprint density at radius 3 is 2.22 bits per heavy atom. The number of nitrogens with zero attached hydrogens (tertiary/aromatic N) is 3. The van der Waals surface area contributed by atoms with Gasteiger partial charge in [0.15, 0.2) is 5.75 Å². The zero-order chi connectivity index (χ0) is 44.3. The number of carbonyl (C=O) groups excluding carboxylic acids is 3. The second kappa shape index (κ2) is 18.8. The van der Waals surface area contributed by atoms with Crippen molar-refractivity contribution < 1.29 is 58.9 Å². The number of esters is 1. The van der Waals surface area contributed by atoms with E-state index >= 15 is 0 Å². The molecule has 0 fully saturated rings. The molecule has 2 aromatic carbocycles. The van der Waals surface area contributed by atoms with E-state index in [9.17, 15) is 39.9 Å². The zero-order valence-corrected chi connectivity index (χ0v) is 35.9. The number of aliphatic hydroxyl groups excluding tert-OH is 2. The molecule has 0 aliphatic carbocycles. The van der Waals surface area contributed by atoms with Gasteiger partial charge in [0.05, 0.1) is 53.0 Å². The van der Waals surface area contributed by atoms with Crippen LogP contribution in [0.4, 0.5) is 5.69 Å². The minimum Gasteiger partial charge on any atom is -0.507 e. The van der Waals surface area contributed by atoms with Crippen LogP contribution in [0.15, 0.2) is 41.2 Å². The fourth-order valence-corrected chi connectivity index (χ4v) is 7.43. The highest BCUT2D eigenvalue weighted by molar-refractivity contribution is 6.23. The number of likely N-dealkylation sites (N-methyl/N-ethyl adjacent to an activating group) is 2. The smallest absolute Gasteiger partial charge is 0.312 e. The molecule has 59 heavy (non-hydrogen) atoms. The van der Waals surface area contributed by atoms with Crippen LogP contribution in [0.1, 0.15) is 70.0 Å². The number of hydrogen-bond acceptors (Lipinski definition) is 15. The predicted molar refractivity (Wildman–Crippen MR) is 223 cm³/mol. The van der Waals surface area contributed by atoms with Crippen LogP contribution in [0.25, 0.3) is 10.8 Å². The summed E-state index contributed by atoms with van der Waals surface area (Å²) >= 11 is 0. The van der Waals surface area contributed by atoms with E-state index in [1.807, 2.05) is 19.0 Å². The summed E-state index contributed by atoms with van der Waals surface area (Å²) < 4.78 is 23.6. The summed E-state index contributed by atoms with van der Waals surface area (Å²) in [4.78, 5) is 42.4. The number of ketones is 1. The largest absolute Gasteiger partial charge is 0.507 e. The summed E-state index contributed by atoms with van der Waals surface area (Å²) in [5.41, 5.74) is -0.432. The summed E-state index contributed by atoms with van der Waals surface area (Å²) in [5, 5.41) is 66.4. The first-order valence-corrected chi connectivity index (χ1v) is 19.6. The van der Waals surface area contributed by atoms with Gasteiger partial charge in [0, 0.05) is 81.3 Å². The molecule has 0 saturated heterocycles. The first-order chi connectivity index (χ1) is 27.6. The Kier molecular flexibility index (Phi) is 14.8. The number of anilines is 1. The van der Waals surface area contributed by atoms with Gasteiger partial charge in [-0.1, -0.05) is 45.9 Å². The van der Waals surface area contributed by atoms with Crippen molar-refractivity contribution in [3.8, 4) is 23.0 Å². The molecule has 0 spiro atoms. The topological polar surface area (TPSA) is 220 Å². The van der Waals surface area contributed by atoms with Gasteiger partial charge in [0.1, 0.15) is 23.4 Å². The van der Waals surface area contributed by atoms with Crippen LogP contribution in [0, 0.1) is 30.6 Å². The standard InChI is InChI=1S/C43H60N4O12/c1-21-14-13-15-22(2)42(55)45-33-28(20-44-47(11)18-17-46(9)10)37(52)30-31(38(33)53)36(51)26(6)40-32(30)41(54)43(8,59-40)57-19-16-29(56-12)23(3)39(58-27(7)48)25(5)35(50)24(4)34(21)49/h13-16,19-21,23-25,29,34-35,39,49-53H,17-18H2,1-12H3,(H,45,55)/b14-13+,19-16+,22-15-,44-20+/t21-,23+,24+,25+,29-,34-,35+,39+,43-/m0/s1. The van der Waals surface area contributed by atoms with Gasteiger partial charge in [-0.25, -0.2) is 0 Å². The third-order valence-electron chi connectivity index (χ3n) is 11.3. The molecule has 16 nitrogen and oxygen atoms in total.